The Labute approximate surface area is 186 Å². The van der Waals surface area contributed by atoms with Crippen LogP contribution in [0.2, 0.25) is 0 Å². The average Bonchev–Trinajstić information content (AvgIpc) is 3.27. The molecule has 0 saturated carbocycles. The van der Waals surface area contributed by atoms with Gasteiger partial charge in [0.2, 0.25) is 22.5 Å². The molecule has 0 aromatic heterocycles. The first-order chi connectivity index (χ1) is 15.3. The van der Waals surface area contributed by atoms with Crippen molar-refractivity contribution in [3.05, 3.63) is 40.8 Å². The van der Waals surface area contributed by atoms with Gasteiger partial charge in [0.1, 0.15) is 30.0 Å². The fourth-order valence-corrected chi connectivity index (χ4v) is 5.30. The maximum atomic E-state index is 13.2. The Hall–Kier alpha value is -2.57. The number of hydrogen-bond donors (Lipinski definition) is 2. The summed E-state index contributed by atoms with van der Waals surface area (Å²) in [4.78, 5) is 39.1. The molecule has 2 N–H and O–H groups in total. The second kappa shape index (κ2) is 10.8. The lowest BCUT2D eigenvalue weighted by atomic mass is 10.1. The predicted octanol–water partition coefficient (Wildman–Crippen LogP) is -0.0336. The second-order valence-corrected chi connectivity index (χ2v) is 9.63. The van der Waals surface area contributed by atoms with Crippen LogP contribution >= 0.6 is 0 Å². The van der Waals surface area contributed by atoms with E-state index >= 15 is 0 Å². The Bertz CT molecular complexity index is 919. The molecule has 1 aromatic rings. The second-order valence-electron chi connectivity index (χ2n) is 7.87. The van der Waals surface area contributed by atoms with Gasteiger partial charge in [0, 0.05) is 13.0 Å². The Morgan fingerprint density at radius 3 is 2.53 bits per heavy atom. The van der Waals surface area contributed by atoms with E-state index in [1.54, 1.807) is 35.3 Å². The number of nitrogens with zero attached hydrogens (tertiary/aromatic N) is 3. The molecule has 12 heteroatoms. The molecular weight excluding hydrogens is 440 g/mol. The number of benzene rings is 1. The first-order valence-electron chi connectivity index (χ1n) is 10.6. The monoisotopic (exact) mass is 469 g/mol. The Kier molecular flexibility index (Phi) is 8.15. The number of aliphatic carboxylic acids is 1. The number of carboxylic acids is 1. The van der Waals surface area contributed by atoms with Gasteiger partial charge >= 0.3 is 5.97 Å². The molecule has 2 heterocycles. The predicted molar refractivity (Wildman–Crippen MR) is 114 cm³/mol. The standard InChI is InChI=1S/C20H28N4O7S/c25-19(23-9-4-7-18(23)20(26)27)17(8-10-24(28)22-11-13-31-14-12-22)21-32(29,30)15-16-5-2-1-3-6-16/h1-3,5-6,17-18,21H,4,7-15H2/p+1. The van der Waals surface area contributed by atoms with Gasteiger partial charge in [0.15, 0.2) is 0 Å². The zero-order chi connectivity index (χ0) is 23.1. The molecule has 0 aliphatic carbocycles. The van der Waals surface area contributed by atoms with Crippen LogP contribution in [0.3, 0.4) is 0 Å². The van der Waals surface area contributed by atoms with E-state index in [0.717, 1.165) is 0 Å². The molecule has 0 radical (unpaired) electrons. The van der Waals surface area contributed by atoms with Gasteiger partial charge in [-0.05, 0) is 18.4 Å². The molecule has 1 amide bonds. The van der Waals surface area contributed by atoms with Gasteiger partial charge in [-0.25, -0.2) is 17.9 Å². The van der Waals surface area contributed by atoms with Crippen LogP contribution in [-0.4, -0.2) is 91.7 Å². The molecule has 2 fully saturated rings. The maximum absolute atomic E-state index is 13.2. The summed E-state index contributed by atoms with van der Waals surface area (Å²) in [5.74, 6) is -2.08. The third kappa shape index (κ3) is 6.47. The molecule has 0 bridgehead atoms. The Morgan fingerprint density at radius 1 is 1.19 bits per heavy atom. The SMILES string of the molecule is O=C(O)C1CCCN1C(=O)C(CC[N+](=O)N1CCOCC1)NS(=O)(=O)Cc1ccccc1. The van der Waals surface area contributed by atoms with Gasteiger partial charge < -0.3 is 14.7 Å². The zero-order valence-electron chi connectivity index (χ0n) is 17.8. The fourth-order valence-electron chi connectivity index (χ4n) is 3.93. The minimum Gasteiger partial charge on any atom is -0.480 e. The molecule has 2 aliphatic heterocycles. The van der Waals surface area contributed by atoms with Gasteiger partial charge in [0.05, 0.1) is 23.9 Å². The third-order valence-corrected chi connectivity index (χ3v) is 6.91. The number of carbonyl (C=O) groups is 2. The van der Waals surface area contributed by atoms with Crippen molar-refractivity contribution in [3.8, 4) is 0 Å². The van der Waals surface area contributed by atoms with Crippen LogP contribution in [0.15, 0.2) is 30.3 Å². The Morgan fingerprint density at radius 2 is 1.88 bits per heavy atom. The van der Waals surface area contributed by atoms with Crippen molar-refractivity contribution in [2.45, 2.75) is 37.1 Å². The molecule has 176 valence electrons. The number of carbonyl (C=O) groups excluding carboxylic acids is 1. The molecule has 2 atom stereocenters. The Balaban J connectivity index is 1.72. The van der Waals surface area contributed by atoms with Crippen molar-refractivity contribution >= 4 is 21.9 Å². The van der Waals surface area contributed by atoms with Gasteiger partial charge in [-0.2, -0.15) is 0 Å². The van der Waals surface area contributed by atoms with Crippen molar-refractivity contribution in [1.29, 1.82) is 0 Å². The van der Waals surface area contributed by atoms with Crippen molar-refractivity contribution in [1.82, 2.24) is 14.6 Å². The highest BCUT2D eigenvalue weighted by Crippen LogP contribution is 2.20. The van der Waals surface area contributed by atoms with E-state index in [1.807, 2.05) is 0 Å². The number of rotatable bonds is 10. The zero-order valence-corrected chi connectivity index (χ0v) is 18.6. The number of amides is 1. The lowest BCUT2D eigenvalue weighted by Crippen LogP contribution is -2.53. The van der Waals surface area contributed by atoms with Gasteiger partial charge in [-0.1, -0.05) is 30.3 Å². The number of ether oxygens (including phenoxy) is 1. The summed E-state index contributed by atoms with van der Waals surface area (Å²) in [5.41, 5.74) is 0.551. The summed E-state index contributed by atoms with van der Waals surface area (Å²) in [6.07, 6.45) is 0.746. The summed E-state index contributed by atoms with van der Waals surface area (Å²) in [6.45, 7) is 1.77. The minimum atomic E-state index is -3.92. The average molecular weight is 470 g/mol. The van der Waals surface area contributed by atoms with Gasteiger partial charge in [-0.3, -0.25) is 4.79 Å². The highest BCUT2D eigenvalue weighted by molar-refractivity contribution is 7.88. The molecule has 0 spiro atoms. The molecule has 2 saturated heterocycles. The topological polar surface area (TPSA) is 136 Å². The van der Waals surface area contributed by atoms with Crippen LogP contribution in [0.1, 0.15) is 24.8 Å². The summed E-state index contributed by atoms with van der Waals surface area (Å²) in [7, 11) is -3.92. The van der Waals surface area contributed by atoms with Crippen LogP contribution in [-0.2, 0) is 30.1 Å². The van der Waals surface area contributed by atoms with Crippen molar-refractivity contribution < 1.29 is 32.7 Å². The lowest BCUT2D eigenvalue weighted by molar-refractivity contribution is -0.711. The minimum absolute atomic E-state index is 0.0868. The largest absolute Gasteiger partial charge is 0.480 e. The van der Waals surface area contributed by atoms with E-state index in [2.05, 4.69) is 4.72 Å². The summed E-state index contributed by atoms with van der Waals surface area (Å²) < 4.78 is 33.2. The molecule has 11 nitrogen and oxygen atoms in total. The number of morpholine rings is 1. The quantitative estimate of drug-likeness (QED) is 0.456. The number of sulfonamides is 1. The normalized spacial score (nSPS) is 20.2. The number of nitrogens with one attached hydrogen (secondary N) is 1. The van der Waals surface area contributed by atoms with Crippen LogP contribution < -0.4 is 4.72 Å². The van der Waals surface area contributed by atoms with E-state index < -0.39 is 34.0 Å². The van der Waals surface area contributed by atoms with Gasteiger partial charge in [-0.15, -0.1) is 5.01 Å². The first-order valence-corrected chi connectivity index (χ1v) is 12.3. The number of carboxylic acid groups (broad SMARTS) is 1. The summed E-state index contributed by atoms with van der Waals surface area (Å²) in [5, 5.41) is 11.0. The van der Waals surface area contributed by atoms with Crippen molar-refractivity contribution in [3.63, 3.8) is 0 Å². The van der Waals surface area contributed by atoms with Crippen LogP contribution in [0, 0.1) is 4.91 Å². The van der Waals surface area contributed by atoms with E-state index in [-0.39, 0.29) is 25.3 Å². The third-order valence-electron chi connectivity index (χ3n) is 5.55. The maximum Gasteiger partial charge on any atom is 0.326 e. The number of nitroso groups, excluding NO2 is 1. The van der Waals surface area contributed by atoms with E-state index in [1.165, 1.54) is 4.90 Å². The highest BCUT2D eigenvalue weighted by Gasteiger charge is 2.39. The van der Waals surface area contributed by atoms with Crippen molar-refractivity contribution in [2.24, 2.45) is 0 Å². The smallest absolute Gasteiger partial charge is 0.326 e. The summed E-state index contributed by atoms with van der Waals surface area (Å²) >= 11 is 0. The van der Waals surface area contributed by atoms with E-state index in [0.29, 0.717) is 49.6 Å². The summed E-state index contributed by atoms with van der Waals surface area (Å²) in [6, 6.07) is 6.29. The molecule has 32 heavy (non-hydrogen) atoms. The molecule has 1 aromatic carbocycles. The van der Waals surface area contributed by atoms with E-state index in [4.69, 9.17) is 4.74 Å². The molecule has 2 aliphatic rings. The lowest BCUT2D eigenvalue weighted by Gasteiger charge is -2.27. The van der Waals surface area contributed by atoms with Gasteiger partial charge in [0.25, 0.3) is 0 Å². The molecular formula is C20H29N4O7S+. The molecule has 3 rings (SSSR count). The first kappa shape index (κ1) is 24.1. The van der Waals surface area contributed by atoms with Crippen LogP contribution in [0.4, 0.5) is 0 Å². The number of likely N-dealkylation sites (tertiary alicyclic amines) is 1. The number of hydrazine groups is 1. The number of hydrogen-bond acceptors (Lipinski definition) is 6. The van der Waals surface area contributed by atoms with Crippen molar-refractivity contribution in [2.75, 3.05) is 39.4 Å². The van der Waals surface area contributed by atoms with Crippen LogP contribution in [0.5, 0.6) is 0 Å². The van der Waals surface area contributed by atoms with Crippen LogP contribution in [0.25, 0.3) is 0 Å². The molecule has 2 unspecified atom stereocenters. The van der Waals surface area contributed by atoms with E-state index in [9.17, 15) is 28.0 Å². The fraction of sp³-hybridized carbons (Fsp3) is 0.600. The highest BCUT2D eigenvalue weighted by atomic mass is 32.2.